The van der Waals surface area contributed by atoms with E-state index in [-0.39, 0.29) is 0 Å². The van der Waals surface area contributed by atoms with Crippen LogP contribution in [-0.4, -0.2) is 17.4 Å². The number of aliphatic carboxylic acids is 1. The lowest BCUT2D eigenvalue weighted by Gasteiger charge is -2.05. The Morgan fingerprint density at radius 3 is 2.67 bits per heavy atom. The van der Waals surface area contributed by atoms with E-state index in [1.54, 1.807) is 6.07 Å². The van der Waals surface area contributed by atoms with Crippen molar-refractivity contribution in [2.45, 2.75) is 6.92 Å². The molecule has 0 aromatic heterocycles. The zero-order valence-electron chi connectivity index (χ0n) is 9.88. The van der Waals surface area contributed by atoms with Gasteiger partial charge >= 0.3 is 5.97 Å². The molecule has 0 radical (unpaired) electrons. The Balaban J connectivity index is 2.57. The first-order chi connectivity index (χ1) is 8.61. The molecule has 3 heteroatoms. The number of fused-ring (bicyclic) bond motifs is 1. The minimum Gasteiger partial charge on any atom is -0.478 e. The number of rotatable bonds is 3. The average Bonchev–Trinajstić information content (AvgIpc) is 2.36. The summed E-state index contributed by atoms with van der Waals surface area (Å²) in [5.41, 5.74) is 2.41. The summed E-state index contributed by atoms with van der Waals surface area (Å²) in [6.07, 6.45) is 3.47. The highest BCUT2D eigenvalue weighted by atomic mass is 16.4. The van der Waals surface area contributed by atoms with E-state index in [9.17, 15) is 9.59 Å². The topological polar surface area (TPSA) is 54.4 Å². The van der Waals surface area contributed by atoms with Crippen molar-refractivity contribution in [3.05, 3.63) is 53.1 Å². The fourth-order valence-electron chi connectivity index (χ4n) is 1.91. The quantitative estimate of drug-likeness (QED) is 0.662. The molecule has 0 fully saturated rings. The molecule has 18 heavy (non-hydrogen) atoms. The highest BCUT2D eigenvalue weighted by Crippen LogP contribution is 2.22. The predicted octanol–water partition coefficient (Wildman–Crippen LogP) is 3.06. The van der Waals surface area contributed by atoms with E-state index in [0.29, 0.717) is 5.56 Å². The number of aryl methyl sites for hydroxylation is 1. The summed E-state index contributed by atoms with van der Waals surface area (Å²) >= 11 is 0. The molecule has 0 atom stereocenters. The van der Waals surface area contributed by atoms with E-state index in [1.807, 2.05) is 31.2 Å². The van der Waals surface area contributed by atoms with Gasteiger partial charge in [0, 0.05) is 11.6 Å². The van der Waals surface area contributed by atoms with Gasteiger partial charge in [0.25, 0.3) is 0 Å². The molecule has 0 amide bonds. The number of carbonyl (C=O) groups is 2. The smallest absolute Gasteiger partial charge is 0.328 e. The monoisotopic (exact) mass is 240 g/mol. The zero-order chi connectivity index (χ0) is 13.1. The summed E-state index contributed by atoms with van der Waals surface area (Å²) in [7, 11) is 0. The third-order valence-electron chi connectivity index (χ3n) is 2.84. The molecule has 2 aromatic rings. The van der Waals surface area contributed by atoms with E-state index in [4.69, 9.17) is 5.11 Å². The number of carbonyl (C=O) groups excluding carboxylic acids is 1. The first-order valence-corrected chi connectivity index (χ1v) is 5.51. The Morgan fingerprint density at radius 1 is 1.22 bits per heavy atom. The molecule has 0 aliphatic rings. The molecule has 90 valence electrons. The summed E-state index contributed by atoms with van der Waals surface area (Å²) in [5.74, 6) is -0.979. The number of hydrogen-bond donors (Lipinski definition) is 1. The van der Waals surface area contributed by atoms with Crippen molar-refractivity contribution in [2.75, 3.05) is 0 Å². The minimum atomic E-state index is -0.979. The molecule has 0 saturated carbocycles. The second kappa shape index (κ2) is 4.84. The Labute approximate surface area is 104 Å². The third kappa shape index (κ3) is 2.30. The van der Waals surface area contributed by atoms with E-state index >= 15 is 0 Å². The number of carboxylic acids is 1. The van der Waals surface area contributed by atoms with E-state index in [2.05, 4.69) is 0 Å². The highest BCUT2D eigenvalue weighted by molar-refractivity contribution is 6.00. The van der Waals surface area contributed by atoms with Crippen molar-refractivity contribution < 1.29 is 14.7 Å². The van der Waals surface area contributed by atoms with Crippen LogP contribution in [0.25, 0.3) is 16.8 Å². The number of aldehydes is 1. The van der Waals surface area contributed by atoms with E-state index < -0.39 is 5.97 Å². The number of hydrogen-bond acceptors (Lipinski definition) is 2. The molecule has 2 rings (SSSR count). The summed E-state index contributed by atoms with van der Waals surface area (Å²) in [6, 6.07) is 9.32. The lowest BCUT2D eigenvalue weighted by atomic mass is 9.99. The molecular weight excluding hydrogens is 228 g/mol. The van der Waals surface area contributed by atoms with Crippen molar-refractivity contribution in [2.24, 2.45) is 0 Å². The van der Waals surface area contributed by atoms with Crippen LogP contribution >= 0.6 is 0 Å². The van der Waals surface area contributed by atoms with E-state index in [1.165, 1.54) is 6.08 Å². The van der Waals surface area contributed by atoms with Crippen LogP contribution in [-0.2, 0) is 4.79 Å². The SMILES string of the molecule is Cc1ccc2cc(/C=C/C(=O)O)ccc2c1C=O. The fourth-order valence-corrected chi connectivity index (χ4v) is 1.91. The van der Waals surface area contributed by atoms with Crippen LogP contribution in [0.2, 0.25) is 0 Å². The Bertz CT molecular complexity index is 654. The van der Waals surface area contributed by atoms with Crippen molar-refractivity contribution in [3.8, 4) is 0 Å². The minimum absolute atomic E-state index is 0.682. The molecule has 0 aliphatic heterocycles. The Hall–Kier alpha value is -2.42. The van der Waals surface area contributed by atoms with Gasteiger partial charge in [-0.25, -0.2) is 4.79 Å². The maximum atomic E-state index is 11.0. The molecule has 1 N–H and O–H groups in total. The van der Waals surface area contributed by atoms with Crippen LogP contribution < -0.4 is 0 Å². The molecule has 0 aliphatic carbocycles. The zero-order valence-corrected chi connectivity index (χ0v) is 9.88. The second-order valence-corrected chi connectivity index (χ2v) is 4.07. The molecule has 0 heterocycles. The molecule has 2 aromatic carbocycles. The average molecular weight is 240 g/mol. The van der Waals surface area contributed by atoms with Crippen molar-refractivity contribution in [1.29, 1.82) is 0 Å². The maximum absolute atomic E-state index is 11.0. The lowest BCUT2D eigenvalue weighted by Crippen LogP contribution is -1.89. The van der Waals surface area contributed by atoms with Gasteiger partial charge in [0.05, 0.1) is 0 Å². The van der Waals surface area contributed by atoms with Crippen molar-refractivity contribution in [1.82, 2.24) is 0 Å². The van der Waals surface area contributed by atoms with Crippen LogP contribution in [0, 0.1) is 6.92 Å². The molecule has 0 unspecified atom stereocenters. The maximum Gasteiger partial charge on any atom is 0.328 e. The predicted molar refractivity (Wildman–Crippen MR) is 70.7 cm³/mol. The van der Waals surface area contributed by atoms with Gasteiger partial charge in [-0.1, -0.05) is 24.3 Å². The number of carboxylic acid groups (broad SMARTS) is 1. The second-order valence-electron chi connectivity index (χ2n) is 4.07. The largest absolute Gasteiger partial charge is 0.478 e. The summed E-state index contributed by atoms with van der Waals surface area (Å²) < 4.78 is 0. The van der Waals surface area contributed by atoms with Gasteiger partial charge in [0.2, 0.25) is 0 Å². The Morgan fingerprint density at radius 2 is 2.00 bits per heavy atom. The summed E-state index contributed by atoms with van der Waals surface area (Å²) in [6.45, 7) is 1.89. The lowest BCUT2D eigenvalue weighted by molar-refractivity contribution is -0.131. The van der Waals surface area contributed by atoms with Crippen molar-refractivity contribution in [3.63, 3.8) is 0 Å². The first-order valence-electron chi connectivity index (χ1n) is 5.51. The van der Waals surface area contributed by atoms with Gasteiger partial charge in [-0.15, -0.1) is 0 Å². The highest BCUT2D eigenvalue weighted by Gasteiger charge is 2.03. The van der Waals surface area contributed by atoms with Crippen LogP contribution in [0.3, 0.4) is 0 Å². The third-order valence-corrected chi connectivity index (χ3v) is 2.84. The molecular formula is C15H12O3. The number of benzene rings is 2. The van der Waals surface area contributed by atoms with Gasteiger partial charge in [-0.05, 0) is 41.0 Å². The standard InChI is InChI=1S/C15H12O3/c1-10-2-5-12-8-11(4-7-15(17)18)3-6-13(12)14(10)9-16/h2-9H,1H3,(H,17,18)/b7-4+. The van der Waals surface area contributed by atoms with Gasteiger partial charge in [0.15, 0.2) is 6.29 Å². The van der Waals surface area contributed by atoms with E-state index in [0.717, 1.165) is 34.3 Å². The van der Waals surface area contributed by atoms with Crippen LogP contribution in [0.1, 0.15) is 21.5 Å². The Kier molecular flexibility index (Phi) is 3.24. The van der Waals surface area contributed by atoms with Gasteiger partial charge in [-0.2, -0.15) is 0 Å². The van der Waals surface area contributed by atoms with Gasteiger partial charge < -0.3 is 5.11 Å². The van der Waals surface area contributed by atoms with Crippen LogP contribution in [0.4, 0.5) is 0 Å². The first kappa shape index (κ1) is 12.0. The molecule has 0 saturated heterocycles. The van der Waals surface area contributed by atoms with Crippen molar-refractivity contribution >= 4 is 29.1 Å². The molecule has 0 spiro atoms. The normalized spacial score (nSPS) is 10.9. The van der Waals surface area contributed by atoms with Gasteiger partial charge in [-0.3, -0.25) is 4.79 Å². The van der Waals surface area contributed by atoms with Gasteiger partial charge in [0.1, 0.15) is 0 Å². The summed E-state index contributed by atoms with van der Waals surface area (Å²) in [4.78, 5) is 21.5. The summed E-state index contributed by atoms with van der Waals surface area (Å²) in [5, 5.41) is 10.4. The van der Waals surface area contributed by atoms with Crippen LogP contribution in [0.15, 0.2) is 36.4 Å². The van der Waals surface area contributed by atoms with Crippen LogP contribution in [0.5, 0.6) is 0 Å². The molecule has 0 bridgehead atoms. The fraction of sp³-hybridized carbons (Fsp3) is 0.0667. The molecule has 3 nitrogen and oxygen atoms in total.